The van der Waals surface area contributed by atoms with Crippen LogP contribution in [0.3, 0.4) is 0 Å². The first-order valence-electron chi connectivity index (χ1n) is 6.49. The summed E-state index contributed by atoms with van der Waals surface area (Å²) in [4.78, 5) is 19.9. The maximum absolute atomic E-state index is 11.6. The standard InChI is InChI=1S/C15H13N3O3/c19-15(13-6-3-8-20-13)21-9-7-16-14-11-4-1-2-5-12(11)17-10-18-14/h1-6,8,10H,7,9H2,(H,16,17,18). The zero-order valence-corrected chi connectivity index (χ0v) is 11.2. The van der Waals surface area contributed by atoms with E-state index in [1.54, 1.807) is 12.1 Å². The molecule has 2 heterocycles. The fourth-order valence-electron chi connectivity index (χ4n) is 1.92. The van der Waals surface area contributed by atoms with Crippen LogP contribution in [0.5, 0.6) is 0 Å². The molecular formula is C15H13N3O3. The van der Waals surface area contributed by atoms with Crippen LogP contribution in [0.15, 0.2) is 53.4 Å². The van der Waals surface area contributed by atoms with Gasteiger partial charge in [0.15, 0.2) is 0 Å². The van der Waals surface area contributed by atoms with Crippen LogP contribution in [0.1, 0.15) is 10.6 Å². The fourth-order valence-corrected chi connectivity index (χ4v) is 1.92. The van der Waals surface area contributed by atoms with Gasteiger partial charge in [0.2, 0.25) is 5.76 Å². The SMILES string of the molecule is O=C(OCCNc1ncnc2ccccc12)c1ccco1. The number of carbonyl (C=O) groups is 1. The number of aromatic nitrogens is 2. The topological polar surface area (TPSA) is 77.2 Å². The summed E-state index contributed by atoms with van der Waals surface area (Å²) in [5.74, 6) is 0.437. The van der Waals surface area contributed by atoms with Gasteiger partial charge < -0.3 is 14.5 Å². The minimum Gasteiger partial charge on any atom is -0.458 e. The Hall–Kier alpha value is -2.89. The van der Waals surface area contributed by atoms with E-state index in [2.05, 4.69) is 15.3 Å². The van der Waals surface area contributed by atoms with Crippen LogP contribution < -0.4 is 5.32 Å². The molecule has 6 nitrogen and oxygen atoms in total. The van der Waals surface area contributed by atoms with Gasteiger partial charge in [0, 0.05) is 5.39 Å². The Morgan fingerprint density at radius 2 is 2.10 bits per heavy atom. The van der Waals surface area contributed by atoms with Crippen molar-refractivity contribution >= 4 is 22.7 Å². The Labute approximate surface area is 120 Å². The van der Waals surface area contributed by atoms with Gasteiger partial charge in [-0.05, 0) is 24.3 Å². The molecule has 0 amide bonds. The van der Waals surface area contributed by atoms with E-state index in [1.807, 2.05) is 24.3 Å². The van der Waals surface area contributed by atoms with Gasteiger partial charge in [0.05, 0.1) is 18.3 Å². The number of hydrogen-bond donors (Lipinski definition) is 1. The lowest BCUT2D eigenvalue weighted by molar-refractivity contribution is 0.0484. The summed E-state index contributed by atoms with van der Waals surface area (Å²) >= 11 is 0. The highest BCUT2D eigenvalue weighted by atomic mass is 16.5. The van der Waals surface area contributed by atoms with Crippen molar-refractivity contribution in [3.05, 3.63) is 54.7 Å². The average molecular weight is 283 g/mol. The average Bonchev–Trinajstić information content (AvgIpc) is 3.06. The van der Waals surface area contributed by atoms with Crippen LogP contribution in [0.4, 0.5) is 5.82 Å². The summed E-state index contributed by atoms with van der Waals surface area (Å²) < 4.78 is 10.0. The monoisotopic (exact) mass is 283 g/mol. The number of benzene rings is 1. The lowest BCUT2D eigenvalue weighted by atomic mass is 10.2. The Morgan fingerprint density at radius 1 is 1.19 bits per heavy atom. The number of esters is 1. The largest absolute Gasteiger partial charge is 0.458 e. The molecular weight excluding hydrogens is 270 g/mol. The molecule has 0 fully saturated rings. The molecule has 2 aromatic heterocycles. The number of furan rings is 1. The van der Waals surface area contributed by atoms with Gasteiger partial charge in [0.1, 0.15) is 18.8 Å². The van der Waals surface area contributed by atoms with Crippen LogP contribution >= 0.6 is 0 Å². The van der Waals surface area contributed by atoms with Gasteiger partial charge in [0.25, 0.3) is 0 Å². The van der Waals surface area contributed by atoms with E-state index in [0.29, 0.717) is 6.54 Å². The lowest BCUT2D eigenvalue weighted by Gasteiger charge is -2.08. The minimum atomic E-state index is -0.477. The van der Waals surface area contributed by atoms with E-state index in [0.717, 1.165) is 16.7 Å². The highest BCUT2D eigenvalue weighted by Crippen LogP contribution is 2.17. The first-order chi connectivity index (χ1) is 10.3. The molecule has 106 valence electrons. The van der Waals surface area contributed by atoms with Gasteiger partial charge >= 0.3 is 5.97 Å². The predicted octanol–water partition coefficient (Wildman–Crippen LogP) is 2.49. The second-order valence-corrected chi connectivity index (χ2v) is 4.28. The molecule has 3 rings (SSSR count). The summed E-state index contributed by atoms with van der Waals surface area (Å²) in [6.45, 7) is 0.672. The molecule has 0 aliphatic carbocycles. The number of hydrogen-bond acceptors (Lipinski definition) is 6. The van der Waals surface area contributed by atoms with Gasteiger partial charge in [-0.25, -0.2) is 14.8 Å². The molecule has 3 aromatic rings. The molecule has 1 N–H and O–H groups in total. The summed E-state index contributed by atoms with van der Waals surface area (Å²) in [6.07, 6.45) is 2.93. The summed E-state index contributed by atoms with van der Waals surface area (Å²) in [5.41, 5.74) is 0.864. The normalized spacial score (nSPS) is 10.5. The third-order valence-corrected chi connectivity index (χ3v) is 2.89. The number of nitrogens with zero attached hydrogens (tertiary/aromatic N) is 2. The van der Waals surface area contributed by atoms with E-state index < -0.39 is 5.97 Å². The number of fused-ring (bicyclic) bond motifs is 1. The van der Waals surface area contributed by atoms with Crippen molar-refractivity contribution in [2.45, 2.75) is 0 Å². The molecule has 0 saturated carbocycles. The number of anilines is 1. The molecule has 0 aliphatic heterocycles. The molecule has 0 unspecified atom stereocenters. The Balaban J connectivity index is 1.56. The fraction of sp³-hybridized carbons (Fsp3) is 0.133. The van der Waals surface area contributed by atoms with Crippen molar-refractivity contribution < 1.29 is 13.9 Å². The first kappa shape index (κ1) is 13.1. The second kappa shape index (κ2) is 6.04. The highest BCUT2D eigenvalue weighted by Gasteiger charge is 2.09. The second-order valence-electron chi connectivity index (χ2n) is 4.28. The lowest BCUT2D eigenvalue weighted by Crippen LogP contribution is -2.14. The Bertz CT molecular complexity index is 736. The van der Waals surface area contributed by atoms with Gasteiger partial charge in [-0.15, -0.1) is 0 Å². The van der Waals surface area contributed by atoms with Crippen molar-refractivity contribution in [3.63, 3.8) is 0 Å². The molecule has 0 bridgehead atoms. The molecule has 0 atom stereocenters. The van der Waals surface area contributed by atoms with E-state index in [-0.39, 0.29) is 12.4 Å². The third kappa shape index (κ3) is 3.00. The number of ether oxygens (including phenoxy) is 1. The van der Waals surface area contributed by atoms with Crippen LogP contribution in [0.25, 0.3) is 10.9 Å². The van der Waals surface area contributed by atoms with E-state index >= 15 is 0 Å². The van der Waals surface area contributed by atoms with E-state index in [1.165, 1.54) is 12.6 Å². The van der Waals surface area contributed by atoms with Crippen LogP contribution in [0, 0.1) is 0 Å². The zero-order chi connectivity index (χ0) is 14.5. The van der Waals surface area contributed by atoms with Crippen molar-refractivity contribution in [1.29, 1.82) is 0 Å². The van der Waals surface area contributed by atoms with Gasteiger partial charge in [-0.1, -0.05) is 12.1 Å². The molecule has 0 radical (unpaired) electrons. The predicted molar refractivity (Wildman–Crippen MR) is 77.0 cm³/mol. The Kier molecular flexibility index (Phi) is 3.77. The highest BCUT2D eigenvalue weighted by molar-refractivity contribution is 5.88. The first-order valence-corrected chi connectivity index (χ1v) is 6.49. The van der Waals surface area contributed by atoms with Crippen molar-refractivity contribution in [3.8, 4) is 0 Å². The summed E-state index contributed by atoms with van der Waals surface area (Å²) in [5, 5.41) is 4.06. The molecule has 6 heteroatoms. The number of carbonyl (C=O) groups excluding carboxylic acids is 1. The maximum atomic E-state index is 11.6. The molecule has 0 spiro atoms. The minimum absolute atomic E-state index is 0.197. The van der Waals surface area contributed by atoms with Crippen LogP contribution in [-0.2, 0) is 4.74 Å². The van der Waals surface area contributed by atoms with Crippen molar-refractivity contribution in [2.24, 2.45) is 0 Å². The zero-order valence-electron chi connectivity index (χ0n) is 11.2. The quantitative estimate of drug-likeness (QED) is 0.572. The van der Waals surface area contributed by atoms with Crippen LogP contribution in [-0.4, -0.2) is 29.1 Å². The molecule has 0 aliphatic rings. The third-order valence-electron chi connectivity index (χ3n) is 2.89. The molecule has 21 heavy (non-hydrogen) atoms. The van der Waals surface area contributed by atoms with E-state index in [9.17, 15) is 4.79 Å². The maximum Gasteiger partial charge on any atom is 0.374 e. The number of rotatable bonds is 5. The van der Waals surface area contributed by atoms with Crippen LogP contribution in [0.2, 0.25) is 0 Å². The number of para-hydroxylation sites is 1. The van der Waals surface area contributed by atoms with E-state index in [4.69, 9.17) is 9.15 Å². The van der Waals surface area contributed by atoms with Gasteiger partial charge in [-0.2, -0.15) is 0 Å². The summed E-state index contributed by atoms with van der Waals surface area (Å²) in [6, 6.07) is 10.9. The summed E-state index contributed by atoms with van der Waals surface area (Å²) in [7, 11) is 0. The Morgan fingerprint density at radius 3 is 2.95 bits per heavy atom. The number of nitrogens with one attached hydrogen (secondary N) is 1. The molecule has 1 aromatic carbocycles. The smallest absolute Gasteiger partial charge is 0.374 e. The van der Waals surface area contributed by atoms with Crippen molar-refractivity contribution in [1.82, 2.24) is 9.97 Å². The molecule has 0 saturated heterocycles. The van der Waals surface area contributed by atoms with Crippen molar-refractivity contribution in [2.75, 3.05) is 18.5 Å². The van der Waals surface area contributed by atoms with Gasteiger partial charge in [-0.3, -0.25) is 0 Å².